The molecule has 1 aliphatic rings. The van der Waals surface area contributed by atoms with Crippen molar-refractivity contribution in [3.63, 3.8) is 0 Å². The molecule has 9 nitrogen and oxygen atoms in total. The predicted octanol–water partition coefficient (Wildman–Crippen LogP) is 5.23. The molecule has 0 amide bonds. The fourth-order valence-electron chi connectivity index (χ4n) is 5.40. The van der Waals surface area contributed by atoms with Gasteiger partial charge >= 0.3 is 12.1 Å². The van der Waals surface area contributed by atoms with Crippen LogP contribution in [0.2, 0.25) is 0 Å². The number of piperazine rings is 1. The number of esters is 1. The lowest BCUT2D eigenvalue weighted by Crippen LogP contribution is -2.49. The first-order valence-corrected chi connectivity index (χ1v) is 13.5. The van der Waals surface area contributed by atoms with Gasteiger partial charge in [-0.25, -0.2) is 18.4 Å². The summed E-state index contributed by atoms with van der Waals surface area (Å²) in [5, 5.41) is 0.835. The van der Waals surface area contributed by atoms with E-state index in [1.54, 1.807) is 36.4 Å². The van der Waals surface area contributed by atoms with Crippen LogP contribution < -0.4 is 10.5 Å². The summed E-state index contributed by atoms with van der Waals surface area (Å²) >= 11 is 0. The Bertz CT molecular complexity index is 1430. The molecule has 1 aliphatic heterocycles. The number of carbonyl (C=O) groups is 2. The number of halogens is 2. The maximum atomic E-state index is 13.3. The van der Waals surface area contributed by atoms with Crippen LogP contribution in [0.25, 0.3) is 10.9 Å². The second-order valence-corrected chi connectivity index (χ2v) is 11.3. The van der Waals surface area contributed by atoms with Gasteiger partial charge in [0, 0.05) is 55.1 Å². The van der Waals surface area contributed by atoms with Gasteiger partial charge in [0.15, 0.2) is 0 Å². The summed E-state index contributed by atoms with van der Waals surface area (Å²) in [5.74, 6) is 0.112. The Labute approximate surface area is 238 Å². The number of anilines is 1. The molecule has 1 aromatic heterocycles. The summed E-state index contributed by atoms with van der Waals surface area (Å²) in [6.45, 7) is 8.74. The topological polar surface area (TPSA) is 99.3 Å². The Balaban J connectivity index is 1.75. The van der Waals surface area contributed by atoms with Crippen molar-refractivity contribution >= 4 is 28.7 Å². The molecular weight excluding hydrogens is 534 g/mol. The second kappa shape index (κ2) is 12.0. The first kappa shape index (κ1) is 30.3. The monoisotopic (exact) mass is 572 g/mol. The third kappa shape index (κ3) is 6.62. The predicted molar refractivity (Wildman–Crippen MR) is 153 cm³/mol. The number of methoxy groups -OCH3 is 2. The Morgan fingerprint density at radius 3 is 2.46 bits per heavy atom. The van der Waals surface area contributed by atoms with Gasteiger partial charge in [0.2, 0.25) is 0 Å². The van der Waals surface area contributed by atoms with Gasteiger partial charge in [0.05, 0.1) is 31.8 Å². The highest BCUT2D eigenvalue weighted by Gasteiger charge is 2.32. The minimum absolute atomic E-state index is 0.244. The van der Waals surface area contributed by atoms with Crippen LogP contribution in [-0.4, -0.2) is 78.9 Å². The highest BCUT2D eigenvalue weighted by Crippen LogP contribution is 2.37. The third-order valence-electron chi connectivity index (χ3n) is 7.24. The number of aromatic nitrogens is 1. The number of hydrogen-bond donors (Lipinski definition) is 1. The van der Waals surface area contributed by atoms with Crippen molar-refractivity contribution in [2.45, 2.75) is 52.3 Å². The van der Waals surface area contributed by atoms with Crippen molar-refractivity contribution in [3.05, 3.63) is 58.8 Å². The number of benzene rings is 2. The lowest BCUT2D eigenvalue weighted by atomic mass is 9.97. The standard InChI is InChI=1S/C30H38F2N4O5/c1-18-13-25(39-5)22(20-9-10-36(27(18)20)29(38)41-30(2,3)4)15-35-12-11-34(17-26(31)32)16-24(35)19-7-8-21(23(33)14-19)28(37)40-6/h7-10,13-14,24,26H,11-12,15-17,33H2,1-6H3/t24-/m0/s1. The van der Waals surface area contributed by atoms with Crippen LogP contribution in [0.5, 0.6) is 5.75 Å². The number of hydrogen-bond acceptors (Lipinski definition) is 8. The van der Waals surface area contributed by atoms with Gasteiger partial charge in [0.25, 0.3) is 6.43 Å². The molecule has 2 aromatic carbocycles. The van der Waals surface area contributed by atoms with Crippen LogP contribution in [0.1, 0.15) is 53.9 Å². The number of aryl methyl sites for hydroxylation is 1. The minimum Gasteiger partial charge on any atom is -0.496 e. The molecule has 1 fully saturated rings. The van der Waals surface area contributed by atoms with Crippen molar-refractivity contribution in [2.24, 2.45) is 0 Å². The molecule has 2 heterocycles. The largest absolute Gasteiger partial charge is 0.496 e. The molecule has 0 aliphatic carbocycles. The van der Waals surface area contributed by atoms with Crippen molar-refractivity contribution in [1.29, 1.82) is 0 Å². The van der Waals surface area contributed by atoms with Gasteiger partial charge in [-0.3, -0.25) is 14.4 Å². The number of nitrogens with zero attached hydrogens (tertiary/aromatic N) is 3. The summed E-state index contributed by atoms with van der Waals surface area (Å²) in [6, 6.07) is 8.56. The molecule has 1 atom stereocenters. The average molecular weight is 573 g/mol. The van der Waals surface area contributed by atoms with E-state index in [0.29, 0.717) is 31.9 Å². The average Bonchev–Trinajstić information content (AvgIpc) is 3.35. The van der Waals surface area contributed by atoms with Gasteiger partial charge in [-0.05, 0) is 63.1 Å². The van der Waals surface area contributed by atoms with Crippen LogP contribution in [0, 0.1) is 6.92 Å². The molecule has 2 N–H and O–H groups in total. The highest BCUT2D eigenvalue weighted by molar-refractivity contribution is 5.96. The smallest absolute Gasteiger partial charge is 0.419 e. The summed E-state index contributed by atoms with van der Waals surface area (Å²) in [7, 11) is 2.88. The van der Waals surface area contributed by atoms with Gasteiger partial charge in [0.1, 0.15) is 11.4 Å². The molecule has 222 valence electrons. The normalized spacial score (nSPS) is 16.8. The van der Waals surface area contributed by atoms with Crippen molar-refractivity contribution in [1.82, 2.24) is 14.4 Å². The second-order valence-electron chi connectivity index (χ2n) is 11.3. The third-order valence-corrected chi connectivity index (χ3v) is 7.24. The number of nitrogen functional groups attached to an aromatic ring is 1. The van der Waals surface area contributed by atoms with Gasteiger partial charge in [-0.2, -0.15) is 0 Å². The summed E-state index contributed by atoms with van der Waals surface area (Å²) in [6.07, 6.45) is -1.25. The van der Waals surface area contributed by atoms with Crippen molar-refractivity contribution in [3.8, 4) is 5.75 Å². The summed E-state index contributed by atoms with van der Waals surface area (Å²) in [5.41, 5.74) is 9.27. The van der Waals surface area contributed by atoms with E-state index in [9.17, 15) is 18.4 Å². The molecule has 11 heteroatoms. The van der Waals surface area contributed by atoms with E-state index in [-0.39, 0.29) is 23.8 Å². The van der Waals surface area contributed by atoms with Gasteiger partial charge in [-0.15, -0.1) is 0 Å². The molecule has 0 unspecified atom stereocenters. The van der Waals surface area contributed by atoms with Crippen molar-refractivity contribution < 1.29 is 32.6 Å². The number of fused-ring (bicyclic) bond motifs is 1. The van der Waals surface area contributed by atoms with E-state index in [1.165, 1.54) is 11.7 Å². The molecular formula is C30H38F2N4O5. The Kier molecular flexibility index (Phi) is 8.89. The molecule has 3 aromatic rings. The zero-order valence-corrected chi connectivity index (χ0v) is 24.4. The first-order valence-electron chi connectivity index (χ1n) is 13.5. The quantitative estimate of drug-likeness (QED) is 0.303. The maximum Gasteiger partial charge on any atom is 0.419 e. The van der Waals surface area contributed by atoms with Crippen LogP contribution in [0.4, 0.5) is 19.3 Å². The Morgan fingerprint density at radius 2 is 1.85 bits per heavy atom. The van der Waals surface area contributed by atoms with Crippen LogP contribution in [0.15, 0.2) is 36.5 Å². The summed E-state index contributed by atoms with van der Waals surface area (Å²) in [4.78, 5) is 29.0. The first-order chi connectivity index (χ1) is 19.3. The van der Waals surface area contributed by atoms with E-state index in [1.807, 2.05) is 39.8 Å². The Morgan fingerprint density at radius 1 is 1.12 bits per heavy atom. The van der Waals surface area contributed by atoms with Gasteiger partial charge in [-0.1, -0.05) is 6.07 Å². The Hall–Kier alpha value is -3.70. The highest BCUT2D eigenvalue weighted by atomic mass is 19.3. The lowest BCUT2D eigenvalue weighted by molar-refractivity contribution is 0.0245. The SMILES string of the molecule is COC(=O)c1ccc([C@@H]2CN(CC(F)F)CCN2Cc2c(OC)cc(C)c3c2ccn3C(=O)OC(C)(C)C)cc1N. The number of rotatable bonds is 7. The van der Waals surface area contributed by atoms with Crippen LogP contribution in [0.3, 0.4) is 0 Å². The molecule has 0 radical (unpaired) electrons. The molecule has 41 heavy (non-hydrogen) atoms. The summed E-state index contributed by atoms with van der Waals surface area (Å²) < 4.78 is 44.4. The number of ether oxygens (including phenoxy) is 3. The van der Waals surface area contributed by atoms with E-state index < -0.39 is 24.1 Å². The number of alkyl halides is 2. The van der Waals surface area contributed by atoms with E-state index >= 15 is 0 Å². The minimum atomic E-state index is -2.46. The fraction of sp³-hybridized carbons (Fsp3) is 0.467. The fourth-order valence-corrected chi connectivity index (χ4v) is 5.40. The van der Waals surface area contributed by atoms with Crippen LogP contribution in [-0.2, 0) is 16.0 Å². The number of carbonyl (C=O) groups excluding carboxylic acids is 2. The van der Waals surface area contributed by atoms with Gasteiger partial charge < -0.3 is 19.9 Å². The molecule has 0 bridgehead atoms. The van der Waals surface area contributed by atoms with E-state index in [2.05, 4.69) is 4.90 Å². The molecule has 0 saturated carbocycles. The zero-order valence-electron chi connectivity index (χ0n) is 24.4. The zero-order chi connectivity index (χ0) is 30.1. The van der Waals surface area contributed by atoms with Crippen LogP contribution >= 0.6 is 0 Å². The van der Waals surface area contributed by atoms with E-state index in [0.717, 1.165) is 27.6 Å². The number of nitrogens with two attached hydrogens (primary N) is 1. The van der Waals surface area contributed by atoms with E-state index in [4.69, 9.17) is 19.9 Å². The molecule has 4 rings (SSSR count). The molecule has 1 saturated heterocycles. The molecule has 0 spiro atoms. The maximum absolute atomic E-state index is 13.3. The van der Waals surface area contributed by atoms with Crippen molar-refractivity contribution in [2.75, 3.05) is 46.1 Å². The lowest BCUT2D eigenvalue weighted by Gasteiger charge is -2.42.